The zero-order valence-corrected chi connectivity index (χ0v) is 21.7. The summed E-state index contributed by atoms with van der Waals surface area (Å²) in [4.78, 5) is 15.1. The van der Waals surface area contributed by atoms with Crippen molar-refractivity contribution in [2.75, 3.05) is 7.11 Å². The smallest absolute Gasteiger partial charge is 0.339 e. The van der Waals surface area contributed by atoms with Crippen LogP contribution in [0.25, 0.3) is 10.8 Å². The van der Waals surface area contributed by atoms with Crippen LogP contribution < -0.4 is 8.92 Å². The van der Waals surface area contributed by atoms with Crippen LogP contribution in [0.3, 0.4) is 0 Å². The van der Waals surface area contributed by atoms with E-state index in [4.69, 9.17) is 13.3 Å². The molecule has 0 radical (unpaired) electrons. The molecule has 0 aliphatic heterocycles. The molecule has 4 aromatic carbocycles. The fourth-order valence-electron chi connectivity index (χ4n) is 4.17. The van der Waals surface area contributed by atoms with Crippen LogP contribution in [0.4, 0.5) is 4.39 Å². The van der Waals surface area contributed by atoms with Crippen LogP contribution in [0.15, 0.2) is 113 Å². The van der Waals surface area contributed by atoms with Crippen molar-refractivity contribution < 1.29 is 30.9 Å². The minimum absolute atomic E-state index is 0.0598. The molecule has 1 amide bonds. The summed E-state index contributed by atoms with van der Waals surface area (Å²) < 4.78 is 55.2. The molecule has 9 heteroatoms. The SMILES string of the molecule is COc1ccc(CN(Cc2ccco2)C(=O)c2ccc3ccccc3c2)cc1OS(=O)(=O)c1ccc(F)cc1. The highest BCUT2D eigenvalue weighted by molar-refractivity contribution is 7.87. The average molecular weight is 546 g/mol. The number of halogens is 1. The van der Waals surface area contributed by atoms with E-state index < -0.39 is 15.9 Å². The Bertz CT molecular complexity index is 1720. The van der Waals surface area contributed by atoms with Gasteiger partial charge < -0.3 is 18.2 Å². The van der Waals surface area contributed by atoms with E-state index in [2.05, 4.69) is 0 Å². The van der Waals surface area contributed by atoms with Gasteiger partial charge in [-0.15, -0.1) is 0 Å². The van der Waals surface area contributed by atoms with Gasteiger partial charge in [-0.1, -0.05) is 36.4 Å². The van der Waals surface area contributed by atoms with Gasteiger partial charge in [-0.05, 0) is 77.0 Å². The lowest BCUT2D eigenvalue weighted by Crippen LogP contribution is -2.30. The molecular formula is C30H24FNO6S. The van der Waals surface area contributed by atoms with Gasteiger partial charge in [0.25, 0.3) is 5.91 Å². The molecule has 0 fully saturated rings. The van der Waals surface area contributed by atoms with Gasteiger partial charge >= 0.3 is 10.1 Å². The molecule has 0 saturated carbocycles. The first kappa shape index (κ1) is 26.0. The summed E-state index contributed by atoms with van der Waals surface area (Å²) in [6.07, 6.45) is 1.54. The summed E-state index contributed by atoms with van der Waals surface area (Å²) in [7, 11) is -2.88. The van der Waals surface area contributed by atoms with Crippen LogP contribution in [-0.4, -0.2) is 26.3 Å². The first-order valence-electron chi connectivity index (χ1n) is 12.0. The van der Waals surface area contributed by atoms with Gasteiger partial charge in [0.1, 0.15) is 16.5 Å². The lowest BCUT2D eigenvalue weighted by molar-refractivity contribution is 0.0717. The Balaban J connectivity index is 1.45. The summed E-state index contributed by atoms with van der Waals surface area (Å²) in [5.74, 6) is -0.0815. The number of ether oxygens (including phenoxy) is 1. The van der Waals surface area contributed by atoms with Crippen molar-refractivity contribution in [3.63, 3.8) is 0 Å². The number of nitrogens with zero attached hydrogens (tertiary/aromatic N) is 1. The number of carbonyl (C=O) groups is 1. The molecule has 0 bridgehead atoms. The molecule has 1 heterocycles. The summed E-state index contributed by atoms with van der Waals surface area (Å²) in [5, 5.41) is 1.96. The number of methoxy groups -OCH3 is 1. The summed E-state index contributed by atoms with van der Waals surface area (Å²) in [6.45, 7) is 0.318. The maximum atomic E-state index is 13.7. The Kier molecular flexibility index (Phi) is 7.33. The second kappa shape index (κ2) is 11.0. The van der Waals surface area contributed by atoms with E-state index in [0.717, 1.165) is 35.0 Å². The molecule has 0 aliphatic carbocycles. The number of benzene rings is 4. The Morgan fingerprint density at radius 3 is 2.33 bits per heavy atom. The van der Waals surface area contributed by atoms with Gasteiger partial charge in [-0.2, -0.15) is 8.42 Å². The number of hydrogen-bond acceptors (Lipinski definition) is 6. The number of furan rings is 1. The highest BCUT2D eigenvalue weighted by Gasteiger charge is 2.22. The predicted molar refractivity (Wildman–Crippen MR) is 143 cm³/mol. The fourth-order valence-corrected chi connectivity index (χ4v) is 5.10. The van der Waals surface area contributed by atoms with E-state index in [-0.39, 0.29) is 35.4 Å². The van der Waals surface area contributed by atoms with E-state index in [1.54, 1.807) is 35.2 Å². The quantitative estimate of drug-likeness (QED) is 0.205. The molecular weight excluding hydrogens is 521 g/mol. The Morgan fingerprint density at radius 2 is 1.62 bits per heavy atom. The third-order valence-corrected chi connectivity index (χ3v) is 7.36. The molecule has 0 saturated heterocycles. The monoisotopic (exact) mass is 545 g/mol. The maximum Gasteiger partial charge on any atom is 0.339 e. The molecule has 0 aliphatic rings. The normalized spacial score (nSPS) is 11.3. The van der Waals surface area contributed by atoms with E-state index in [0.29, 0.717) is 16.9 Å². The van der Waals surface area contributed by atoms with Gasteiger partial charge in [0.05, 0.1) is 19.9 Å². The molecule has 0 unspecified atom stereocenters. The standard InChI is InChI=1S/C30H24FNO6S/c1-36-28-15-8-21(17-29(28)38-39(34,35)27-13-11-25(31)12-14-27)19-32(20-26-7-4-16-37-26)30(33)24-10-9-22-5-2-3-6-23(22)18-24/h2-18H,19-20H2,1H3. The van der Waals surface area contributed by atoms with Crippen molar-refractivity contribution in [2.24, 2.45) is 0 Å². The minimum atomic E-state index is -4.27. The van der Waals surface area contributed by atoms with E-state index >= 15 is 0 Å². The fraction of sp³-hybridized carbons (Fsp3) is 0.100. The van der Waals surface area contributed by atoms with Crippen molar-refractivity contribution in [2.45, 2.75) is 18.0 Å². The van der Waals surface area contributed by atoms with Crippen molar-refractivity contribution >= 4 is 26.8 Å². The van der Waals surface area contributed by atoms with Crippen LogP contribution >= 0.6 is 0 Å². The van der Waals surface area contributed by atoms with Crippen molar-refractivity contribution in [1.29, 1.82) is 0 Å². The predicted octanol–water partition coefficient (Wildman–Crippen LogP) is 6.19. The second-order valence-corrected chi connectivity index (χ2v) is 10.3. The largest absolute Gasteiger partial charge is 0.493 e. The van der Waals surface area contributed by atoms with Crippen molar-refractivity contribution in [3.05, 3.63) is 126 Å². The number of rotatable bonds is 9. The van der Waals surface area contributed by atoms with Crippen LogP contribution in [0.5, 0.6) is 11.5 Å². The number of hydrogen-bond donors (Lipinski definition) is 0. The lowest BCUT2D eigenvalue weighted by Gasteiger charge is -2.23. The van der Waals surface area contributed by atoms with Crippen molar-refractivity contribution in [1.82, 2.24) is 4.90 Å². The van der Waals surface area contributed by atoms with E-state index in [9.17, 15) is 17.6 Å². The zero-order valence-electron chi connectivity index (χ0n) is 20.9. The van der Waals surface area contributed by atoms with Gasteiger partial charge in [0, 0.05) is 12.1 Å². The molecule has 0 atom stereocenters. The molecule has 0 spiro atoms. The van der Waals surface area contributed by atoms with E-state index in [1.807, 2.05) is 36.4 Å². The third-order valence-electron chi connectivity index (χ3n) is 6.11. The Morgan fingerprint density at radius 1 is 0.846 bits per heavy atom. The number of fused-ring (bicyclic) bond motifs is 1. The number of carbonyl (C=O) groups excluding carboxylic acids is 1. The van der Waals surface area contributed by atoms with Crippen LogP contribution in [0.1, 0.15) is 21.7 Å². The molecule has 5 aromatic rings. The van der Waals surface area contributed by atoms with Crippen LogP contribution in [0, 0.1) is 5.82 Å². The second-order valence-electron chi connectivity index (χ2n) is 8.78. The number of amides is 1. The first-order valence-corrected chi connectivity index (χ1v) is 13.4. The average Bonchev–Trinajstić information content (AvgIpc) is 3.45. The van der Waals surface area contributed by atoms with Gasteiger partial charge in [0.15, 0.2) is 11.5 Å². The van der Waals surface area contributed by atoms with Crippen LogP contribution in [-0.2, 0) is 23.2 Å². The van der Waals surface area contributed by atoms with E-state index in [1.165, 1.54) is 19.4 Å². The summed E-state index contributed by atoms with van der Waals surface area (Å²) in [5.41, 5.74) is 1.10. The topological polar surface area (TPSA) is 86.0 Å². The van der Waals surface area contributed by atoms with Gasteiger partial charge in [-0.25, -0.2) is 4.39 Å². The van der Waals surface area contributed by atoms with Crippen molar-refractivity contribution in [3.8, 4) is 11.5 Å². The Labute approximate surface area is 225 Å². The molecule has 1 aromatic heterocycles. The Hall–Kier alpha value is -4.63. The lowest BCUT2D eigenvalue weighted by atomic mass is 10.1. The molecule has 0 N–H and O–H groups in total. The third kappa shape index (κ3) is 5.94. The van der Waals surface area contributed by atoms with Gasteiger partial charge in [0.2, 0.25) is 0 Å². The highest BCUT2D eigenvalue weighted by atomic mass is 32.2. The maximum absolute atomic E-state index is 13.7. The molecule has 5 rings (SSSR count). The highest BCUT2D eigenvalue weighted by Crippen LogP contribution is 2.32. The zero-order chi connectivity index (χ0) is 27.4. The molecule has 39 heavy (non-hydrogen) atoms. The minimum Gasteiger partial charge on any atom is -0.493 e. The van der Waals surface area contributed by atoms with Gasteiger partial charge in [-0.3, -0.25) is 4.79 Å². The van der Waals surface area contributed by atoms with Crippen LogP contribution in [0.2, 0.25) is 0 Å². The first-order chi connectivity index (χ1) is 18.8. The summed E-state index contributed by atoms with van der Waals surface area (Å²) in [6, 6.07) is 25.9. The molecule has 7 nitrogen and oxygen atoms in total. The molecule has 198 valence electrons. The summed E-state index contributed by atoms with van der Waals surface area (Å²) >= 11 is 0.